The van der Waals surface area contributed by atoms with E-state index in [4.69, 9.17) is 5.73 Å². The summed E-state index contributed by atoms with van der Waals surface area (Å²) in [5.74, 6) is -4.68. The largest absolute Gasteiger partial charge is 0.368 e. The van der Waals surface area contributed by atoms with Gasteiger partial charge in [-0.1, -0.05) is 111 Å². The summed E-state index contributed by atoms with van der Waals surface area (Å²) in [4.78, 5) is 63.7. The Hall–Kier alpha value is -4.60. The third-order valence-corrected chi connectivity index (χ3v) is 10.9. The summed E-state index contributed by atoms with van der Waals surface area (Å²) in [7, 11) is -4.48. The molecule has 2 unspecified atom stereocenters. The summed E-state index contributed by atoms with van der Waals surface area (Å²) >= 11 is 0. The maximum atomic E-state index is 13.9. The van der Waals surface area contributed by atoms with Crippen molar-refractivity contribution in [1.29, 1.82) is 0 Å². The zero-order valence-electron chi connectivity index (χ0n) is 28.0. The number of halogens is 1. The number of amides is 4. The highest BCUT2D eigenvalue weighted by Crippen LogP contribution is 2.46. The molecule has 1 saturated carbocycles. The minimum atomic E-state index is -4.48. The normalized spacial score (nSPS) is 16.4. The van der Waals surface area contributed by atoms with E-state index in [1.807, 2.05) is 36.4 Å². The first-order valence-electron chi connectivity index (χ1n) is 17.0. The highest BCUT2D eigenvalue weighted by molar-refractivity contribution is 7.59. The molecule has 4 rings (SSSR count). The molecule has 4 amide bonds. The van der Waals surface area contributed by atoms with E-state index in [-0.39, 0.29) is 24.8 Å². The molecule has 10 nitrogen and oxygen atoms in total. The Morgan fingerprint density at radius 1 is 0.880 bits per heavy atom. The number of carbonyl (C=O) groups is 4. The Balaban J connectivity index is 1.48. The second-order valence-electron chi connectivity index (χ2n) is 12.8. The molecule has 0 saturated heterocycles. The molecule has 1 fully saturated rings. The fourth-order valence-corrected chi connectivity index (χ4v) is 7.66. The van der Waals surface area contributed by atoms with Crippen LogP contribution in [0.1, 0.15) is 72.9 Å². The van der Waals surface area contributed by atoms with Crippen molar-refractivity contribution in [3.8, 4) is 0 Å². The van der Waals surface area contributed by atoms with Gasteiger partial charge in [-0.05, 0) is 54.5 Å². The van der Waals surface area contributed by atoms with Crippen LogP contribution in [0.2, 0.25) is 0 Å². The summed E-state index contributed by atoms with van der Waals surface area (Å²) in [5.41, 5.74) is 7.12. The van der Waals surface area contributed by atoms with Crippen molar-refractivity contribution < 1.29 is 33.0 Å². The highest BCUT2D eigenvalue weighted by atomic mass is 31.2. The Kier molecular flexibility index (Phi) is 14.5. The summed E-state index contributed by atoms with van der Waals surface area (Å²) in [5, 5.41) is 7.83. The Morgan fingerprint density at radius 3 is 2.22 bits per heavy atom. The molecule has 50 heavy (non-hydrogen) atoms. The molecule has 3 aromatic rings. The lowest BCUT2D eigenvalue weighted by Gasteiger charge is -2.27. The minimum absolute atomic E-state index is 0.0467. The Morgan fingerprint density at radius 2 is 1.56 bits per heavy atom. The minimum Gasteiger partial charge on any atom is -0.368 e. The second-order valence-corrected chi connectivity index (χ2v) is 15.3. The number of primary amides is 1. The number of carbonyl (C=O) groups excluding carboxylic acids is 4. The van der Waals surface area contributed by atoms with Gasteiger partial charge in [0.05, 0.1) is 0 Å². The summed E-state index contributed by atoms with van der Waals surface area (Å²) in [6.45, 7) is 0. The SMILES string of the molecule is NC(=O)[C@H](C/C=C/c1ccccc1)NC(=O)[C@H](CCC1CCCCC1)NC(=O)CP(=O)(O)C(Cc1ccccc1)NC(=O)c1cccc(F)c1. The van der Waals surface area contributed by atoms with Crippen LogP contribution in [0.5, 0.6) is 0 Å². The first-order valence-corrected chi connectivity index (χ1v) is 18.9. The third-order valence-electron chi connectivity index (χ3n) is 8.90. The molecular formula is C38H46FN4O6P. The first kappa shape index (κ1) is 38.2. The van der Waals surface area contributed by atoms with Gasteiger partial charge in [0.15, 0.2) is 0 Å². The van der Waals surface area contributed by atoms with Crippen molar-refractivity contribution in [3.05, 3.63) is 114 Å². The molecular weight excluding hydrogens is 658 g/mol. The predicted molar refractivity (Wildman–Crippen MR) is 191 cm³/mol. The fraction of sp³-hybridized carbons (Fsp3) is 0.368. The van der Waals surface area contributed by atoms with Gasteiger partial charge in [-0.2, -0.15) is 0 Å². The zero-order valence-corrected chi connectivity index (χ0v) is 28.9. The molecule has 0 radical (unpaired) electrons. The van der Waals surface area contributed by atoms with Crippen molar-refractivity contribution in [3.63, 3.8) is 0 Å². The van der Waals surface area contributed by atoms with E-state index in [9.17, 15) is 33.0 Å². The van der Waals surface area contributed by atoms with Gasteiger partial charge < -0.3 is 26.6 Å². The smallest absolute Gasteiger partial charge is 0.252 e. The molecule has 1 aliphatic rings. The van der Waals surface area contributed by atoms with Crippen LogP contribution in [0.15, 0.2) is 91.0 Å². The highest BCUT2D eigenvalue weighted by Gasteiger charge is 2.36. The average molecular weight is 705 g/mol. The number of hydrogen-bond donors (Lipinski definition) is 5. The van der Waals surface area contributed by atoms with E-state index in [1.165, 1.54) is 18.2 Å². The van der Waals surface area contributed by atoms with Gasteiger partial charge in [-0.15, -0.1) is 0 Å². The van der Waals surface area contributed by atoms with Crippen molar-refractivity contribution in [2.75, 3.05) is 6.16 Å². The topological polar surface area (TPSA) is 168 Å². The van der Waals surface area contributed by atoms with Crippen LogP contribution in [-0.4, -0.2) is 52.6 Å². The molecule has 12 heteroatoms. The van der Waals surface area contributed by atoms with Gasteiger partial charge in [0.1, 0.15) is 29.8 Å². The molecule has 6 N–H and O–H groups in total. The molecule has 0 spiro atoms. The molecule has 0 bridgehead atoms. The maximum Gasteiger partial charge on any atom is 0.252 e. The van der Waals surface area contributed by atoms with Crippen LogP contribution in [0, 0.1) is 11.7 Å². The molecule has 0 heterocycles. The summed E-state index contributed by atoms with van der Waals surface area (Å²) in [6, 6.07) is 20.9. The number of nitrogens with one attached hydrogen (secondary N) is 3. The van der Waals surface area contributed by atoms with Gasteiger partial charge in [0, 0.05) is 12.0 Å². The van der Waals surface area contributed by atoms with Crippen LogP contribution in [0.25, 0.3) is 6.08 Å². The molecule has 266 valence electrons. The van der Waals surface area contributed by atoms with Crippen molar-refractivity contribution >= 4 is 37.1 Å². The standard InChI is InChI=1S/C38H46FN4O6P/c39-31-20-11-19-30(25-31)37(46)43-35(24-29-16-8-3-9-17-29)50(48,49)26-34(44)41-33(23-22-28-14-6-2-7-15-28)38(47)42-32(36(40)45)21-10-18-27-12-4-1-5-13-27/h1,3-5,8-13,16-20,25,28,32-33,35H,2,6-7,14-15,21-24,26H2,(H2,40,45)(H,41,44)(H,42,47)(H,43,46)(H,48,49)/b18-10+/t32-,33-,35?/m0/s1. The van der Waals surface area contributed by atoms with Crippen LogP contribution >= 0.6 is 7.37 Å². The zero-order chi connectivity index (χ0) is 35.9. The van der Waals surface area contributed by atoms with Crippen molar-refractivity contribution in [1.82, 2.24) is 16.0 Å². The average Bonchev–Trinajstić information content (AvgIpc) is 3.10. The van der Waals surface area contributed by atoms with E-state index >= 15 is 0 Å². The van der Waals surface area contributed by atoms with Crippen LogP contribution in [0.3, 0.4) is 0 Å². The maximum absolute atomic E-state index is 13.9. The second kappa shape index (κ2) is 19.0. The number of hydrogen-bond acceptors (Lipinski definition) is 5. The van der Waals surface area contributed by atoms with Gasteiger partial charge in [-0.3, -0.25) is 23.7 Å². The Bertz CT molecular complexity index is 1670. The molecule has 1 aliphatic carbocycles. The van der Waals surface area contributed by atoms with Gasteiger partial charge in [-0.25, -0.2) is 4.39 Å². The number of benzene rings is 3. The Labute approximate surface area is 292 Å². The van der Waals surface area contributed by atoms with Gasteiger partial charge >= 0.3 is 0 Å². The molecule has 3 aromatic carbocycles. The van der Waals surface area contributed by atoms with Crippen LogP contribution in [0.4, 0.5) is 4.39 Å². The third kappa shape index (κ3) is 12.4. The van der Waals surface area contributed by atoms with E-state index in [2.05, 4.69) is 16.0 Å². The van der Waals surface area contributed by atoms with Crippen molar-refractivity contribution in [2.24, 2.45) is 11.7 Å². The lowest BCUT2D eigenvalue weighted by atomic mass is 9.85. The predicted octanol–water partition coefficient (Wildman–Crippen LogP) is 5.31. The first-order chi connectivity index (χ1) is 24.0. The van der Waals surface area contributed by atoms with Gasteiger partial charge in [0.2, 0.25) is 25.1 Å². The molecule has 0 aliphatic heterocycles. The lowest BCUT2D eigenvalue weighted by molar-refractivity contribution is -0.131. The fourth-order valence-electron chi connectivity index (χ4n) is 6.12. The van der Waals surface area contributed by atoms with E-state index in [1.54, 1.807) is 36.4 Å². The molecule has 4 atom stereocenters. The van der Waals surface area contributed by atoms with Gasteiger partial charge in [0.25, 0.3) is 5.91 Å². The van der Waals surface area contributed by atoms with E-state index in [0.717, 1.165) is 43.7 Å². The summed E-state index contributed by atoms with van der Waals surface area (Å²) < 4.78 is 27.7. The lowest BCUT2D eigenvalue weighted by Crippen LogP contribution is -2.53. The van der Waals surface area contributed by atoms with E-state index < -0.39 is 60.8 Å². The van der Waals surface area contributed by atoms with Crippen LogP contribution < -0.4 is 21.7 Å². The molecule has 0 aromatic heterocycles. The monoisotopic (exact) mass is 704 g/mol. The number of nitrogens with two attached hydrogens (primary N) is 1. The van der Waals surface area contributed by atoms with Crippen LogP contribution in [-0.2, 0) is 25.4 Å². The van der Waals surface area contributed by atoms with Crippen molar-refractivity contribution in [2.45, 2.75) is 75.7 Å². The number of rotatable bonds is 17. The quantitative estimate of drug-likeness (QED) is 0.119. The van der Waals surface area contributed by atoms with E-state index in [0.29, 0.717) is 17.9 Å². The summed E-state index contributed by atoms with van der Waals surface area (Å²) in [6.07, 6.45) is 8.94.